The molecule has 1 fully saturated rings. The van der Waals surface area contributed by atoms with Crippen LogP contribution in [-0.4, -0.2) is 73.6 Å². The third kappa shape index (κ3) is 27.5. The second-order valence-electron chi connectivity index (χ2n) is 15.5. The molecule has 0 saturated carbocycles. The minimum absolute atomic E-state index is 0.0386. The maximum absolute atomic E-state index is 13.3. The standard InChI is InChI=1S/C45H82N2O5/c1-5-7-9-11-20-28-39-51-44(49)41(3)31-22-16-13-14-18-24-37-47(43(48)33-30-36-46-34-26-27-35-46)38-25-19-15-17-23-32-42(4)45(50)52-40-29-21-12-10-8-6-2/h20-21,28-29,41-42H,5-19,22-27,30-40H2,1-4H3/b28-20-,29-21-. The monoisotopic (exact) mass is 731 g/mol. The molecule has 1 heterocycles. The van der Waals surface area contributed by atoms with Gasteiger partial charge in [0, 0.05) is 19.5 Å². The Balaban J connectivity index is 2.24. The Morgan fingerprint density at radius 3 is 1.48 bits per heavy atom. The first kappa shape index (κ1) is 47.9. The summed E-state index contributed by atoms with van der Waals surface area (Å²) < 4.78 is 10.9. The van der Waals surface area contributed by atoms with Crippen LogP contribution in [0.5, 0.6) is 0 Å². The van der Waals surface area contributed by atoms with Gasteiger partial charge in [0.25, 0.3) is 0 Å². The fourth-order valence-corrected chi connectivity index (χ4v) is 6.90. The van der Waals surface area contributed by atoms with Crippen molar-refractivity contribution in [1.29, 1.82) is 0 Å². The van der Waals surface area contributed by atoms with Gasteiger partial charge in [0.15, 0.2) is 0 Å². The first-order chi connectivity index (χ1) is 25.4. The topological polar surface area (TPSA) is 76.1 Å². The highest BCUT2D eigenvalue weighted by molar-refractivity contribution is 5.76. The number of nitrogens with zero attached hydrogens (tertiary/aromatic N) is 2. The van der Waals surface area contributed by atoms with Crippen LogP contribution in [0.4, 0.5) is 0 Å². The fourth-order valence-electron chi connectivity index (χ4n) is 6.90. The van der Waals surface area contributed by atoms with Crippen molar-refractivity contribution in [3.8, 4) is 0 Å². The zero-order chi connectivity index (χ0) is 37.9. The lowest BCUT2D eigenvalue weighted by Crippen LogP contribution is -2.33. The minimum atomic E-state index is -0.0827. The fraction of sp³-hybridized carbons (Fsp3) is 0.844. The predicted octanol–water partition coefficient (Wildman–Crippen LogP) is 11.4. The highest BCUT2D eigenvalue weighted by atomic mass is 16.5. The summed E-state index contributed by atoms with van der Waals surface area (Å²) in [4.78, 5) is 42.5. The van der Waals surface area contributed by atoms with Gasteiger partial charge < -0.3 is 19.3 Å². The van der Waals surface area contributed by atoms with Crippen molar-refractivity contribution in [2.24, 2.45) is 11.8 Å². The van der Waals surface area contributed by atoms with E-state index in [2.05, 4.69) is 35.8 Å². The highest BCUT2D eigenvalue weighted by Gasteiger charge is 2.17. The Kier molecular flexibility index (Phi) is 31.9. The summed E-state index contributed by atoms with van der Waals surface area (Å²) in [6.07, 6.45) is 35.9. The number of likely N-dealkylation sites (tertiary alicyclic amines) is 1. The van der Waals surface area contributed by atoms with Gasteiger partial charge in [-0.2, -0.15) is 0 Å². The van der Waals surface area contributed by atoms with E-state index in [4.69, 9.17) is 9.47 Å². The summed E-state index contributed by atoms with van der Waals surface area (Å²) in [6.45, 7) is 14.3. The molecular formula is C45H82N2O5. The quantitative estimate of drug-likeness (QED) is 0.0367. The third-order valence-corrected chi connectivity index (χ3v) is 10.5. The molecule has 1 aliphatic rings. The Morgan fingerprint density at radius 2 is 1.02 bits per heavy atom. The molecule has 0 aromatic rings. The molecule has 1 saturated heterocycles. The summed E-state index contributed by atoms with van der Waals surface area (Å²) >= 11 is 0. The minimum Gasteiger partial charge on any atom is -0.461 e. The number of carbonyl (C=O) groups excluding carboxylic acids is 3. The number of hydrogen-bond donors (Lipinski definition) is 0. The summed E-state index contributed by atoms with van der Waals surface area (Å²) in [5.74, 6) is 0.0815. The first-order valence-corrected chi connectivity index (χ1v) is 22.0. The van der Waals surface area contributed by atoms with Crippen molar-refractivity contribution in [1.82, 2.24) is 9.80 Å². The molecule has 7 nitrogen and oxygen atoms in total. The molecule has 0 N–H and O–H groups in total. The molecule has 52 heavy (non-hydrogen) atoms. The molecule has 0 aromatic carbocycles. The predicted molar refractivity (Wildman–Crippen MR) is 218 cm³/mol. The second kappa shape index (κ2) is 34.6. The van der Waals surface area contributed by atoms with E-state index in [1.165, 1.54) is 77.3 Å². The van der Waals surface area contributed by atoms with Crippen LogP contribution in [0.25, 0.3) is 0 Å². The van der Waals surface area contributed by atoms with E-state index in [1.807, 2.05) is 26.0 Å². The molecule has 0 radical (unpaired) electrons. The molecule has 1 aliphatic heterocycles. The van der Waals surface area contributed by atoms with Crippen LogP contribution >= 0.6 is 0 Å². The van der Waals surface area contributed by atoms with Gasteiger partial charge in [-0.15, -0.1) is 0 Å². The molecular weight excluding hydrogens is 649 g/mol. The molecule has 1 amide bonds. The van der Waals surface area contributed by atoms with Crippen LogP contribution in [0.2, 0.25) is 0 Å². The number of hydrogen-bond acceptors (Lipinski definition) is 6. The lowest BCUT2D eigenvalue weighted by Gasteiger charge is -2.24. The largest absolute Gasteiger partial charge is 0.461 e. The molecule has 1 rings (SSSR count). The van der Waals surface area contributed by atoms with E-state index in [1.54, 1.807) is 0 Å². The Bertz CT molecular complexity index is 929. The number of esters is 2. The number of carbonyl (C=O) groups is 3. The third-order valence-electron chi connectivity index (χ3n) is 10.5. The van der Waals surface area contributed by atoms with E-state index in [0.29, 0.717) is 25.5 Å². The lowest BCUT2D eigenvalue weighted by molar-refractivity contribution is -0.147. The number of amides is 1. The van der Waals surface area contributed by atoms with Crippen molar-refractivity contribution in [2.45, 2.75) is 188 Å². The van der Waals surface area contributed by atoms with E-state index >= 15 is 0 Å². The van der Waals surface area contributed by atoms with Crippen molar-refractivity contribution in [2.75, 3.05) is 45.9 Å². The molecule has 0 aromatic heterocycles. The zero-order valence-electron chi connectivity index (χ0n) is 34.5. The van der Waals surface area contributed by atoms with Gasteiger partial charge in [-0.1, -0.05) is 135 Å². The van der Waals surface area contributed by atoms with Crippen molar-refractivity contribution < 1.29 is 23.9 Å². The molecule has 2 atom stereocenters. The van der Waals surface area contributed by atoms with Gasteiger partial charge in [0.05, 0.1) is 11.8 Å². The number of rotatable bonds is 35. The number of ether oxygens (including phenoxy) is 2. The first-order valence-electron chi connectivity index (χ1n) is 22.0. The van der Waals surface area contributed by atoms with Crippen LogP contribution in [-0.2, 0) is 23.9 Å². The van der Waals surface area contributed by atoms with E-state index in [0.717, 1.165) is 110 Å². The number of allylic oxidation sites excluding steroid dienone is 2. The zero-order valence-corrected chi connectivity index (χ0v) is 34.5. The summed E-state index contributed by atoms with van der Waals surface area (Å²) in [7, 11) is 0. The van der Waals surface area contributed by atoms with Crippen molar-refractivity contribution in [3.63, 3.8) is 0 Å². The smallest absolute Gasteiger partial charge is 0.308 e. The van der Waals surface area contributed by atoms with E-state index < -0.39 is 0 Å². The van der Waals surface area contributed by atoms with Gasteiger partial charge in [-0.3, -0.25) is 14.4 Å². The summed E-state index contributed by atoms with van der Waals surface area (Å²) in [6, 6.07) is 0. The summed E-state index contributed by atoms with van der Waals surface area (Å²) in [5.41, 5.74) is 0. The van der Waals surface area contributed by atoms with Gasteiger partial charge in [-0.05, 0) is 90.3 Å². The second-order valence-corrected chi connectivity index (χ2v) is 15.5. The highest BCUT2D eigenvalue weighted by Crippen LogP contribution is 2.16. The van der Waals surface area contributed by atoms with Gasteiger partial charge in [0.1, 0.15) is 13.2 Å². The van der Waals surface area contributed by atoms with Crippen LogP contribution in [0.15, 0.2) is 24.3 Å². The molecule has 0 aliphatic carbocycles. The summed E-state index contributed by atoms with van der Waals surface area (Å²) in [5, 5.41) is 0. The molecule has 302 valence electrons. The van der Waals surface area contributed by atoms with Gasteiger partial charge >= 0.3 is 11.9 Å². The number of unbranched alkanes of at least 4 members (excludes halogenated alkanes) is 15. The van der Waals surface area contributed by atoms with Crippen molar-refractivity contribution in [3.05, 3.63) is 24.3 Å². The maximum atomic E-state index is 13.3. The van der Waals surface area contributed by atoms with Crippen molar-refractivity contribution >= 4 is 17.8 Å². The van der Waals surface area contributed by atoms with E-state index in [9.17, 15) is 14.4 Å². The SMILES string of the molecule is CCCCC/C=C\COC(=O)C(C)CCCCCCCCN(CCCCCCCC(C)C(=O)OC/C=C\CCCCC)C(=O)CCCN1CCCC1. The Hall–Kier alpha value is -2.15. The molecule has 2 unspecified atom stereocenters. The molecule has 0 spiro atoms. The van der Waals surface area contributed by atoms with Gasteiger partial charge in [-0.25, -0.2) is 0 Å². The van der Waals surface area contributed by atoms with Crippen LogP contribution in [0, 0.1) is 11.8 Å². The molecule has 0 bridgehead atoms. The lowest BCUT2D eigenvalue weighted by atomic mass is 10.0. The van der Waals surface area contributed by atoms with E-state index in [-0.39, 0.29) is 23.8 Å². The normalized spacial score (nSPS) is 14.7. The van der Waals surface area contributed by atoms with Crippen LogP contribution in [0.1, 0.15) is 188 Å². The van der Waals surface area contributed by atoms with Crippen LogP contribution in [0.3, 0.4) is 0 Å². The van der Waals surface area contributed by atoms with Gasteiger partial charge in [0.2, 0.25) is 5.91 Å². The Morgan fingerprint density at radius 1 is 0.577 bits per heavy atom. The molecule has 7 heteroatoms. The average Bonchev–Trinajstić information content (AvgIpc) is 3.67. The Labute approximate surface area is 321 Å². The maximum Gasteiger partial charge on any atom is 0.308 e. The van der Waals surface area contributed by atoms with Crippen LogP contribution < -0.4 is 0 Å². The average molecular weight is 731 g/mol.